The van der Waals surface area contributed by atoms with Crippen molar-refractivity contribution in [2.24, 2.45) is 0 Å². The highest BCUT2D eigenvalue weighted by Gasteiger charge is 2.20. The van der Waals surface area contributed by atoms with Crippen LogP contribution in [0.5, 0.6) is 17.2 Å². The number of benzene rings is 2. The molecular formula is C25H25NO6. The summed E-state index contributed by atoms with van der Waals surface area (Å²) in [5, 5.41) is 0. The minimum absolute atomic E-state index is 0.0352. The van der Waals surface area contributed by atoms with E-state index in [9.17, 15) is 9.59 Å². The van der Waals surface area contributed by atoms with Crippen molar-refractivity contribution >= 4 is 11.8 Å². The standard InChI is InChI=1S/C25H25NO6/c1-16-12-20(17(2)26(16)19-8-9-23-24(14-19)31-11-10-30-23)21(27)15-32-25(28)13-18-6-4-5-7-22(18)29-3/h4-9,12,14H,10-11,13,15H2,1-3H3. The third-order valence-corrected chi connectivity index (χ3v) is 5.41. The Balaban J connectivity index is 1.46. The number of ketones is 1. The Hall–Kier alpha value is -3.74. The summed E-state index contributed by atoms with van der Waals surface area (Å²) in [6.45, 7) is 4.51. The summed E-state index contributed by atoms with van der Waals surface area (Å²) in [6.07, 6.45) is 0.0352. The number of Topliss-reactive ketones (excluding diaryl/α,β-unsaturated/α-hetero) is 1. The fraction of sp³-hybridized carbons (Fsp3) is 0.280. The van der Waals surface area contributed by atoms with Crippen LogP contribution in [0.4, 0.5) is 0 Å². The number of esters is 1. The number of fused-ring (bicyclic) bond motifs is 1. The molecule has 2 heterocycles. The van der Waals surface area contributed by atoms with Crippen molar-refractivity contribution in [3.8, 4) is 22.9 Å². The van der Waals surface area contributed by atoms with Crippen molar-refractivity contribution in [3.05, 3.63) is 71.0 Å². The second-order valence-corrected chi connectivity index (χ2v) is 7.52. The van der Waals surface area contributed by atoms with E-state index < -0.39 is 5.97 Å². The van der Waals surface area contributed by atoms with Gasteiger partial charge in [-0.1, -0.05) is 18.2 Å². The third-order valence-electron chi connectivity index (χ3n) is 5.41. The second-order valence-electron chi connectivity index (χ2n) is 7.52. The Morgan fingerprint density at radius 3 is 2.53 bits per heavy atom. The first-order chi connectivity index (χ1) is 15.5. The first kappa shape index (κ1) is 21.5. The number of hydrogen-bond donors (Lipinski definition) is 0. The molecule has 0 unspecified atom stereocenters. The van der Waals surface area contributed by atoms with E-state index in [1.54, 1.807) is 19.2 Å². The number of nitrogens with zero attached hydrogens (tertiary/aromatic N) is 1. The lowest BCUT2D eigenvalue weighted by Crippen LogP contribution is -2.17. The first-order valence-corrected chi connectivity index (χ1v) is 10.4. The molecule has 2 aromatic carbocycles. The summed E-state index contributed by atoms with van der Waals surface area (Å²) < 4.78 is 23.7. The van der Waals surface area contributed by atoms with Gasteiger partial charge in [0.05, 0.1) is 13.5 Å². The molecule has 4 rings (SSSR count). The lowest BCUT2D eigenvalue weighted by Gasteiger charge is -2.20. The molecule has 32 heavy (non-hydrogen) atoms. The zero-order valence-corrected chi connectivity index (χ0v) is 18.3. The number of ether oxygens (including phenoxy) is 4. The molecule has 0 fully saturated rings. The van der Waals surface area contributed by atoms with E-state index in [0.29, 0.717) is 41.6 Å². The number of para-hydroxylation sites is 1. The highest BCUT2D eigenvalue weighted by molar-refractivity contribution is 5.99. The van der Waals surface area contributed by atoms with Gasteiger partial charge in [0.15, 0.2) is 18.1 Å². The molecule has 0 N–H and O–H groups in total. The van der Waals surface area contributed by atoms with Gasteiger partial charge in [0, 0.05) is 34.3 Å². The Kier molecular flexibility index (Phi) is 6.16. The van der Waals surface area contributed by atoms with Crippen LogP contribution in [0.2, 0.25) is 0 Å². The van der Waals surface area contributed by atoms with E-state index in [1.165, 1.54) is 0 Å². The van der Waals surface area contributed by atoms with Gasteiger partial charge in [0.25, 0.3) is 0 Å². The average molecular weight is 435 g/mol. The number of methoxy groups -OCH3 is 1. The highest BCUT2D eigenvalue weighted by Crippen LogP contribution is 2.33. The molecule has 7 nitrogen and oxygen atoms in total. The van der Waals surface area contributed by atoms with Gasteiger partial charge < -0.3 is 23.5 Å². The third kappa shape index (κ3) is 4.32. The average Bonchev–Trinajstić information content (AvgIpc) is 3.11. The topological polar surface area (TPSA) is 76.0 Å². The molecule has 7 heteroatoms. The maximum atomic E-state index is 12.8. The van der Waals surface area contributed by atoms with E-state index in [1.807, 2.05) is 54.8 Å². The van der Waals surface area contributed by atoms with E-state index in [2.05, 4.69) is 0 Å². The fourth-order valence-electron chi connectivity index (χ4n) is 3.89. The number of carbonyl (C=O) groups is 2. The summed E-state index contributed by atoms with van der Waals surface area (Å²) >= 11 is 0. The molecule has 3 aromatic rings. The van der Waals surface area contributed by atoms with E-state index >= 15 is 0 Å². The van der Waals surface area contributed by atoms with Gasteiger partial charge in [-0.25, -0.2) is 0 Å². The minimum atomic E-state index is -0.483. The normalized spacial score (nSPS) is 12.3. The molecule has 0 saturated heterocycles. The maximum absolute atomic E-state index is 12.8. The molecule has 1 aromatic heterocycles. The predicted octanol–water partition coefficient (Wildman–Crippen LogP) is 3.84. The van der Waals surface area contributed by atoms with Gasteiger partial charge in [-0.15, -0.1) is 0 Å². The lowest BCUT2D eigenvalue weighted by molar-refractivity contribution is -0.141. The molecule has 166 valence electrons. The van der Waals surface area contributed by atoms with Gasteiger partial charge in [0.1, 0.15) is 19.0 Å². The minimum Gasteiger partial charge on any atom is -0.496 e. The predicted molar refractivity (Wildman–Crippen MR) is 118 cm³/mol. The van der Waals surface area contributed by atoms with Crippen molar-refractivity contribution in [2.45, 2.75) is 20.3 Å². The molecule has 0 bridgehead atoms. The first-order valence-electron chi connectivity index (χ1n) is 10.4. The van der Waals surface area contributed by atoms with Gasteiger partial charge in [-0.3, -0.25) is 9.59 Å². The summed E-state index contributed by atoms with van der Waals surface area (Å²) in [5.41, 5.74) is 3.76. The number of carbonyl (C=O) groups excluding carboxylic acids is 2. The summed E-state index contributed by atoms with van der Waals surface area (Å²) in [6, 6.07) is 14.7. The van der Waals surface area contributed by atoms with Gasteiger partial charge >= 0.3 is 5.97 Å². The summed E-state index contributed by atoms with van der Waals surface area (Å²) in [7, 11) is 1.55. The fourth-order valence-corrected chi connectivity index (χ4v) is 3.89. The molecule has 0 amide bonds. The van der Waals surface area contributed by atoms with E-state index in [-0.39, 0.29) is 18.8 Å². The number of hydrogen-bond acceptors (Lipinski definition) is 6. The van der Waals surface area contributed by atoms with E-state index in [0.717, 1.165) is 17.1 Å². The van der Waals surface area contributed by atoms with Gasteiger partial charge in [-0.05, 0) is 38.1 Å². The lowest BCUT2D eigenvalue weighted by atomic mass is 10.1. The molecule has 1 aliphatic heterocycles. The number of aryl methyl sites for hydroxylation is 1. The Bertz CT molecular complexity index is 1160. The quantitative estimate of drug-likeness (QED) is 0.415. The van der Waals surface area contributed by atoms with Crippen LogP contribution in [0.1, 0.15) is 27.3 Å². The Morgan fingerprint density at radius 1 is 1.00 bits per heavy atom. The number of aromatic nitrogens is 1. The summed E-state index contributed by atoms with van der Waals surface area (Å²) in [4.78, 5) is 25.1. The Labute approximate surface area is 186 Å². The second kappa shape index (κ2) is 9.18. The van der Waals surface area contributed by atoms with Crippen LogP contribution in [0, 0.1) is 13.8 Å². The van der Waals surface area contributed by atoms with Crippen LogP contribution in [0.25, 0.3) is 5.69 Å². The highest BCUT2D eigenvalue weighted by atomic mass is 16.6. The van der Waals surface area contributed by atoms with Crippen molar-refractivity contribution in [2.75, 3.05) is 26.9 Å². The van der Waals surface area contributed by atoms with Crippen LogP contribution in [0.3, 0.4) is 0 Å². The van der Waals surface area contributed by atoms with Crippen LogP contribution in [-0.2, 0) is 16.0 Å². The molecule has 0 radical (unpaired) electrons. The van der Waals surface area contributed by atoms with Crippen LogP contribution in [-0.4, -0.2) is 43.3 Å². The molecular weight excluding hydrogens is 410 g/mol. The van der Waals surface area contributed by atoms with E-state index in [4.69, 9.17) is 18.9 Å². The zero-order valence-electron chi connectivity index (χ0n) is 18.3. The molecule has 0 atom stereocenters. The molecule has 0 aliphatic carbocycles. The largest absolute Gasteiger partial charge is 0.496 e. The van der Waals surface area contributed by atoms with Crippen molar-refractivity contribution in [1.82, 2.24) is 4.57 Å². The van der Waals surface area contributed by atoms with Gasteiger partial charge in [-0.2, -0.15) is 0 Å². The van der Waals surface area contributed by atoms with Crippen molar-refractivity contribution in [1.29, 1.82) is 0 Å². The van der Waals surface area contributed by atoms with Crippen molar-refractivity contribution < 1.29 is 28.5 Å². The molecule has 0 spiro atoms. The smallest absolute Gasteiger partial charge is 0.310 e. The van der Waals surface area contributed by atoms with Crippen molar-refractivity contribution in [3.63, 3.8) is 0 Å². The Morgan fingerprint density at radius 2 is 1.75 bits per heavy atom. The van der Waals surface area contributed by atoms with Crippen LogP contribution >= 0.6 is 0 Å². The SMILES string of the molecule is COc1ccccc1CC(=O)OCC(=O)c1cc(C)n(-c2ccc3c(c2)OCCO3)c1C. The summed E-state index contributed by atoms with van der Waals surface area (Å²) in [5.74, 6) is 1.26. The number of rotatable bonds is 7. The molecule has 0 saturated carbocycles. The van der Waals surface area contributed by atoms with Gasteiger partial charge in [0.2, 0.25) is 5.78 Å². The maximum Gasteiger partial charge on any atom is 0.310 e. The molecule has 1 aliphatic rings. The van der Waals surface area contributed by atoms with Crippen LogP contribution < -0.4 is 14.2 Å². The zero-order chi connectivity index (χ0) is 22.7. The monoisotopic (exact) mass is 435 g/mol. The van der Waals surface area contributed by atoms with Crippen LogP contribution in [0.15, 0.2) is 48.5 Å².